The molecule has 4 aliphatic carbocycles. The topological polar surface area (TPSA) is 29.4 Å². The summed E-state index contributed by atoms with van der Waals surface area (Å²) >= 11 is 2.61. The van der Waals surface area contributed by atoms with Crippen molar-refractivity contribution in [1.82, 2.24) is 0 Å². The molecule has 0 spiro atoms. The van der Waals surface area contributed by atoms with Gasteiger partial charge in [0.05, 0.1) is 13.2 Å². The van der Waals surface area contributed by atoms with Crippen LogP contribution in [0.25, 0.3) is 0 Å². The maximum atomic E-state index is 12.9. The maximum Gasteiger partial charge on any atom is 0.0920 e. The Kier molecular flexibility index (Phi) is 9.74. The zero-order chi connectivity index (χ0) is 22.5. The molecule has 4 saturated carbocycles. The predicted molar refractivity (Wildman–Crippen MR) is 141 cm³/mol. The Morgan fingerprint density at radius 1 is 0.781 bits per heavy atom. The summed E-state index contributed by atoms with van der Waals surface area (Å²) in [4.78, 5) is 10.9. The Bertz CT molecular complexity index is 588. The largest absolute Gasteiger partial charge is 0.251 e. The molecule has 0 N–H and O–H groups in total. The van der Waals surface area contributed by atoms with Crippen molar-refractivity contribution in [2.24, 2.45) is 64.4 Å². The summed E-state index contributed by atoms with van der Waals surface area (Å²) in [5.41, 5.74) is 0. The van der Waals surface area contributed by atoms with Crippen molar-refractivity contribution in [1.29, 1.82) is 0 Å². The van der Waals surface area contributed by atoms with Crippen molar-refractivity contribution in [3.63, 3.8) is 0 Å². The predicted octanol–water partition coefficient (Wildman–Crippen LogP) is 8.86. The highest BCUT2D eigenvalue weighted by molar-refractivity contribution is 14.1. The Morgan fingerprint density at radius 3 is 1.91 bits per heavy atom. The minimum Gasteiger partial charge on any atom is -0.251 e. The van der Waals surface area contributed by atoms with Crippen molar-refractivity contribution in [2.75, 3.05) is 17.6 Å². The Labute approximate surface area is 210 Å². The highest BCUT2D eigenvalue weighted by Gasteiger charge is 2.52. The van der Waals surface area contributed by atoms with Gasteiger partial charge in [0.1, 0.15) is 0 Å². The van der Waals surface area contributed by atoms with E-state index in [0.717, 1.165) is 60.2 Å². The number of halogens is 2. The lowest BCUT2D eigenvalue weighted by molar-refractivity contribution is -0.0753. The van der Waals surface area contributed by atoms with Gasteiger partial charge in [-0.15, -0.1) is 0 Å². The molecule has 0 bridgehead atoms. The Balaban J connectivity index is 1.27. The van der Waals surface area contributed by atoms with Crippen LogP contribution in [0.4, 0.5) is 4.39 Å². The van der Waals surface area contributed by atoms with Gasteiger partial charge in [-0.05, 0) is 130 Å². The van der Waals surface area contributed by atoms with Crippen molar-refractivity contribution >= 4 is 22.6 Å². The molecule has 10 atom stereocenters. The van der Waals surface area contributed by atoms with Gasteiger partial charge in [-0.2, -0.15) is 4.91 Å². The van der Waals surface area contributed by atoms with Crippen LogP contribution < -0.4 is 0 Å². The van der Waals surface area contributed by atoms with Crippen LogP contribution in [0.1, 0.15) is 96.8 Å². The lowest BCUT2D eigenvalue weighted by Crippen LogP contribution is -2.49. The molecule has 10 unspecified atom stereocenters. The van der Waals surface area contributed by atoms with E-state index >= 15 is 0 Å². The average Bonchev–Trinajstić information content (AvgIpc) is 3.14. The van der Waals surface area contributed by atoms with E-state index in [0.29, 0.717) is 12.5 Å². The number of hydrogen-bond acceptors (Lipinski definition) is 2. The number of nitroso groups, excluding NO2 is 1. The van der Waals surface area contributed by atoms with Crippen molar-refractivity contribution in [2.45, 2.75) is 96.8 Å². The summed E-state index contributed by atoms with van der Waals surface area (Å²) < 4.78 is 14.3. The van der Waals surface area contributed by atoms with Crippen LogP contribution in [0.15, 0.2) is 5.18 Å². The molecule has 0 saturated heterocycles. The lowest BCUT2D eigenvalue weighted by atomic mass is 9.49. The molecule has 0 aliphatic heterocycles. The van der Waals surface area contributed by atoms with Crippen LogP contribution in [0.2, 0.25) is 0 Å². The fourth-order valence-electron chi connectivity index (χ4n) is 8.81. The minimum atomic E-state index is -0.167. The standard InChI is InChI=1S/C28H47FINO/c1-19(17-29)12-21-2-3-22(13-21)14-24(10-11-31-32)15-23-6-9-27-25-7-4-20(18-30)5-8-26(25)28(27)16-23/h19-28H,2-18H2,1H3. The van der Waals surface area contributed by atoms with Gasteiger partial charge < -0.3 is 0 Å². The smallest absolute Gasteiger partial charge is 0.0920 e. The number of rotatable bonds is 11. The van der Waals surface area contributed by atoms with Crippen LogP contribution in [0, 0.1) is 64.1 Å². The molecule has 0 heterocycles. The third-order valence-electron chi connectivity index (χ3n) is 10.4. The second-order valence-electron chi connectivity index (χ2n) is 12.5. The SMILES string of the molecule is CC(CF)CC1CCC(CC(CCN=O)CC2CCC3C4CCC(CI)CCC4C3C2)C1. The molecular formula is C28H47FINO. The van der Waals surface area contributed by atoms with Gasteiger partial charge in [0.2, 0.25) is 0 Å². The maximum absolute atomic E-state index is 12.9. The Morgan fingerprint density at radius 2 is 1.31 bits per heavy atom. The summed E-state index contributed by atoms with van der Waals surface area (Å²) in [6.07, 6.45) is 19.0. The van der Waals surface area contributed by atoms with Crippen molar-refractivity contribution < 1.29 is 4.39 Å². The van der Waals surface area contributed by atoms with Crippen molar-refractivity contribution in [3.05, 3.63) is 4.91 Å². The fourth-order valence-corrected chi connectivity index (χ4v) is 9.69. The zero-order valence-electron chi connectivity index (χ0n) is 20.4. The molecule has 0 aromatic rings. The van der Waals surface area contributed by atoms with E-state index in [1.807, 2.05) is 0 Å². The van der Waals surface area contributed by atoms with Gasteiger partial charge in [0, 0.05) is 4.43 Å². The Hall–Kier alpha value is 0.260. The van der Waals surface area contributed by atoms with Crippen molar-refractivity contribution in [3.8, 4) is 0 Å². The first-order chi connectivity index (χ1) is 15.6. The summed E-state index contributed by atoms with van der Waals surface area (Å²) in [7, 11) is 0. The molecule has 4 aliphatic rings. The molecule has 4 heteroatoms. The van der Waals surface area contributed by atoms with Crippen LogP contribution in [-0.4, -0.2) is 17.6 Å². The first-order valence-electron chi connectivity index (χ1n) is 14.0. The molecule has 0 aromatic carbocycles. The zero-order valence-corrected chi connectivity index (χ0v) is 22.6. The van der Waals surface area contributed by atoms with Crippen LogP contribution in [0.5, 0.6) is 0 Å². The normalized spacial score (nSPS) is 41.1. The fraction of sp³-hybridized carbons (Fsp3) is 1.00. The minimum absolute atomic E-state index is 0.167. The van der Waals surface area contributed by atoms with Gasteiger partial charge in [-0.3, -0.25) is 4.39 Å². The van der Waals surface area contributed by atoms with E-state index in [1.54, 1.807) is 0 Å². The number of alkyl halides is 2. The van der Waals surface area contributed by atoms with E-state index < -0.39 is 0 Å². The molecule has 0 radical (unpaired) electrons. The quantitative estimate of drug-likeness (QED) is 0.141. The molecule has 32 heavy (non-hydrogen) atoms. The second-order valence-corrected chi connectivity index (χ2v) is 13.4. The molecule has 184 valence electrons. The van der Waals surface area contributed by atoms with E-state index in [9.17, 15) is 9.30 Å². The van der Waals surface area contributed by atoms with Crippen LogP contribution >= 0.6 is 22.6 Å². The van der Waals surface area contributed by atoms with Crippen LogP contribution in [-0.2, 0) is 0 Å². The summed E-state index contributed by atoms with van der Waals surface area (Å²) in [5.74, 6) is 8.51. The summed E-state index contributed by atoms with van der Waals surface area (Å²) in [6, 6.07) is 0. The monoisotopic (exact) mass is 559 g/mol. The number of fused-ring (bicyclic) bond motifs is 4. The molecule has 0 amide bonds. The average molecular weight is 560 g/mol. The summed E-state index contributed by atoms with van der Waals surface area (Å²) in [5, 5.41) is 3.23. The molecule has 0 aromatic heterocycles. The third-order valence-corrected chi connectivity index (χ3v) is 11.6. The van der Waals surface area contributed by atoms with Gasteiger partial charge in [-0.1, -0.05) is 54.0 Å². The molecule has 2 nitrogen and oxygen atoms in total. The summed E-state index contributed by atoms with van der Waals surface area (Å²) in [6.45, 7) is 2.39. The van der Waals surface area contributed by atoms with Gasteiger partial charge in [-0.25, -0.2) is 0 Å². The van der Waals surface area contributed by atoms with Crippen LogP contribution in [0.3, 0.4) is 0 Å². The third kappa shape index (κ3) is 6.27. The molecule has 4 fully saturated rings. The molecule has 4 rings (SSSR count). The first kappa shape index (κ1) is 25.4. The van der Waals surface area contributed by atoms with Gasteiger partial charge in [0.25, 0.3) is 0 Å². The number of hydrogen-bond donors (Lipinski definition) is 0. The second kappa shape index (κ2) is 12.3. The molecular weight excluding hydrogens is 512 g/mol. The van der Waals surface area contributed by atoms with Gasteiger partial charge >= 0.3 is 0 Å². The first-order valence-corrected chi connectivity index (χ1v) is 15.5. The van der Waals surface area contributed by atoms with E-state index in [2.05, 4.69) is 34.7 Å². The van der Waals surface area contributed by atoms with E-state index in [1.165, 1.54) is 81.5 Å². The van der Waals surface area contributed by atoms with Gasteiger partial charge in [0.15, 0.2) is 0 Å². The number of nitrogens with zero attached hydrogens (tertiary/aromatic N) is 1. The highest BCUT2D eigenvalue weighted by atomic mass is 127. The van der Waals surface area contributed by atoms with E-state index in [-0.39, 0.29) is 12.6 Å². The lowest BCUT2D eigenvalue weighted by Gasteiger charge is -2.56. The highest BCUT2D eigenvalue weighted by Crippen LogP contribution is 2.60. The van der Waals surface area contributed by atoms with E-state index in [4.69, 9.17) is 0 Å².